The molecule has 0 aliphatic rings. The van der Waals surface area contributed by atoms with Gasteiger partial charge in [0.15, 0.2) is 11.5 Å². The molecule has 3 aromatic rings. The highest BCUT2D eigenvalue weighted by molar-refractivity contribution is 6.42. The largest absolute Gasteiger partial charge is 0.490 e. The maximum absolute atomic E-state index is 12.0. The minimum absolute atomic E-state index is 0.248. The molecule has 2 amide bonds. The Balaban J connectivity index is 1.55. The van der Waals surface area contributed by atoms with Gasteiger partial charge in [-0.25, -0.2) is 5.43 Å². The van der Waals surface area contributed by atoms with Crippen LogP contribution in [0.1, 0.15) is 29.2 Å². The van der Waals surface area contributed by atoms with Crippen LogP contribution in [0.4, 0.5) is 0 Å². The number of aryl methyl sites for hydroxylation is 1. The zero-order valence-electron chi connectivity index (χ0n) is 19.3. The molecular formula is C26H25Cl2N3O4. The molecule has 0 saturated heterocycles. The number of hydrogen-bond donors (Lipinski definition) is 2. The van der Waals surface area contributed by atoms with Crippen LogP contribution in [0.2, 0.25) is 10.0 Å². The molecule has 0 bridgehead atoms. The van der Waals surface area contributed by atoms with Crippen LogP contribution in [0, 0.1) is 6.92 Å². The smallest absolute Gasteiger partial charge is 0.329 e. The molecule has 0 fully saturated rings. The van der Waals surface area contributed by atoms with Crippen molar-refractivity contribution in [3.05, 3.63) is 93.0 Å². The van der Waals surface area contributed by atoms with Crippen molar-refractivity contribution in [2.24, 2.45) is 5.10 Å². The third kappa shape index (κ3) is 8.02. The highest BCUT2D eigenvalue weighted by Crippen LogP contribution is 2.30. The van der Waals surface area contributed by atoms with Gasteiger partial charge in [-0.15, -0.1) is 0 Å². The van der Waals surface area contributed by atoms with Gasteiger partial charge in [-0.3, -0.25) is 9.59 Å². The highest BCUT2D eigenvalue weighted by Gasteiger charge is 2.12. The third-order valence-corrected chi connectivity index (χ3v) is 5.54. The minimum atomic E-state index is -0.861. The summed E-state index contributed by atoms with van der Waals surface area (Å²) in [6.07, 6.45) is 1.41. The van der Waals surface area contributed by atoms with Crippen molar-refractivity contribution in [3.8, 4) is 11.5 Å². The number of ether oxygens (including phenoxy) is 2. The Morgan fingerprint density at radius 1 is 0.886 bits per heavy atom. The van der Waals surface area contributed by atoms with Gasteiger partial charge < -0.3 is 14.8 Å². The Labute approximate surface area is 214 Å². The highest BCUT2D eigenvalue weighted by atomic mass is 35.5. The summed E-state index contributed by atoms with van der Waals surface area (Å²) in [6, 6.07) is 18.1. The van der Waals surface area contributed by atoms with Crippen LogP contribution in [0.3, 0.4) is 0 Å². The number of benzene rings is 3. The molecule has 182 valence electrons. The van der Waals surface area contributed by atoms with Crippen molar-refractivity contribution in [2.45, 2.75) is 27.0 Å². The van der Waals surface area contributed by atoms with Crippen molar-refractivity contribution in [1.29, 1.82) is 0 Å². The summed E-state index contributed by atoms with van der Waals surface area (Å²) < 4.78 is 11.5. The van der Waals surface area contributed by atoms with Gasteiger partial charge in [0, 0.05) is 6.54 Å². The second-order valence-corrected chi connectivity index (χ2v) is 8.36. The monoisotopic (exact) mass is 513 g/mol. The summed E-state index contributed by atoms with van der Waals surface area (Å²) in [7, 11) is 0. The molecule has 0 saturated carbocycles. The molecule has 0 radical (unpaired) electrons. The van der Waals surface area contributed by atoms with Crippen LogP contribution < -0.4 is 20.2 Å². The summed E-state index contributed by atoms with van der Waals surface area (Å²) in [6.45, 7) is 4.79. The average molecular weight is 514 g/mol. The second-order valence-electron chi connectivity index (χ2n) is 7.54. The van der Waals surface area contributed by atoms with Crippen molar-refractivity contribution in [3.63, 3.8) is 0 Å². The van der Waals surface area contributed by atoms with E-state index >= 15 is 0 Å². The molecular weight excluding hydrogens is 489 g/mol. The van der Waals surface area contributed by atoms with E-state index in [0.29, 0.717) is 33.7 Å². The van der Waals surface area contributed by atoms with E-state index in [0.717, 1.165) is 16.7 Å². The summed E-state index contributed by atoms with van der Waals surface area (Å²) >= 11 is 12.0. The first-order valence-electron chi connectivity index (χ1n) is 10.9. The molecule has 3 rings (SSSR count). The quantitative estimate of drug-likeness (QED) is 0.238. The van der Waals surface area contributed by atoms with E-state index in [-0.39, 0.29) is 13.2 Å². The van der Waals surface area contributed by atoms with Crippen molar-refractivity contribution in [2.75, 3.05) is 6.61 Å². The predicted molar refractivity (Wildman–Crippen MR) is 137 cm³/mol. The van der Waals surface area contributed by atoms with E-state index in [9.17, 15) is 9.59 Å². The Hall–Kier alpha value is -3.55. The van der Waals surface area contributed by atoms with E-state index in [1.807, 2.05) is 44.2 Å². The zero-order chi connectivity index (χ0) is 25.2. The van der Waals surface area contributed by atoms with Crippen LogP contribution in [0.15, 0.2) is 65.8 Å². The Kier molecular flexibility index (Phi) is 9.52. The number of halogens is 2. The normalized spacial score (nSPS) is 10.7. The van der Waals surface area contributed by atoms with Gasteiger partial charge in [-0.1, -0.05) is 59.1 Å². The lowest BCUT2D eigenvalue weighted by atomic mass is 10.1. The molecule has 9 heteroatoms. The number of hydrazone groups is 1. The lowest BCUT2D eigenvalue weighted by molar-refractivity contribution is -0.139. The van der Waals surface area contributed by atoms with Crippen LogP contribution in [-0.4, -0.2) is 24.6 Å². The molecule has 0 aromatic heterocycles. The Bertz CT molecular complexity index is 1210. The maximum atomic E-state index is 12.0. The van der Waals surface area contributed by atoms with Gasteiger partial charge in [-0.05, 0) is 60.9 Å². The van der Waals surface area contributed by atoms with Gasteiger partial charge in [0.25, 0.3) is 0 Å². The van der Waals surface area contributed by atoms with Gasteiger partial charge in [0.05, 0.1) is 22.9 Å². The Morgan fingerprint density at radius 3 is 2.34 bits per heavy atom. The van der Waals surface area contributed by atoms with Gasteiger partial charge in [-0.2, -0.15) is 5.10 Å². The number of carbonyl (C=O) groups is 2. The van der Waals surface area contributed by atoms with Gasteiger partial charge in [0.2, 0.25) is 0 Å². The number of carbonyl (C=O) groups excluding carboxylic acids is 2. The van der Waals surface area contributed by atoms with Gasteiger partial charge in [0.1, 0.15) is 6.61 Å². The second kappa shape index (κ2) is 12.8. The molecule has 0 unspecified atom stereocenters. The minimum Gasteiger partial charge on any atom is -0.490 e. The summed E-state index contributed by atoms with van der Waals surface area (Å²) in [5, 5.41) is 7.35. The summed E-state index contributed by atoms with van der Waals surface area (Å²) in [5.41, 5.74) is 5.74. The van der Waals surface area contributed by atoms with E-state index < -0.39 is 11.8 Å². The Morgan fingerprint density at radius 2 is 1.63 bits per heavy atom. The standard InChI is InChI=1S/C26H25Cl2N3O4/c1-3-34-24-13-19(9-11-23(24)35-16-20-8-10-21(27)22(28)12-20)15-30-31-26(33)25(32)29-14-18-6-4-17(2)5-7-18/h4-13,15H,3,14,16H2,1-2H3,(H,29,32)(H,31,33)/b30-15-. The molecule has 7 nitrogen and oxygen atoms in total. The maximum Gasteiger partial charge on any atom is 0.329 e. The van der Waals surface area contributed by atoms with E-state index in [1.165, 1.54) is 6.21 Å². The van der Waals surface area contributed by atoms with E-state index in [4.69, 9.17) is 32.7 Å². The number of nitrogens with one attached hydrogen (secondary N) is 2. The molecule has 2 N–H and O–H groups in total. The first-order valence-corrected chi connectivity index (χ1v) is 11.6. The first kappa shape index (κ1) is 26.1. The SMILES string of the molecule is CCOc1cc(/C=N\NC(=O)C(=O)NCc2ccc(C)cc2)ccc1OCc1ccc(Cl)c(Cl)c1. The number of hydrogen-bond acceptors (Lipinski definition) is 5. The summed E-state index contributed by atoms with van der Waals surface area (Å²) in [5.74, 6) is -0.586. The molecule has 0 atom stereocenters. The van der Waals surface area contributed by atoms with Gasteiger partial charge >= 0.3 is 11.8 Å². The fraction of sp³-hybridized carbons (Fsp3) is 0.192. The fourth-order valence-electron chi connectivity index (χ4n) is 2.97. The predicted octanol–water partition coefficient (Wildman–Crippen LogP) is 5.05. The molecule has 0 aliphatic carbocycles. The first-order chi connectivity index (χ1) is 16.9. The average Bonchev–Trinajstić information content (AvgIpc) is 2.85. The van der Waals surface area contributed by atoms with E-state index in [2.05, 4.69) is 15.8 Å². The third-order valence-electron chi connectivity index (χ3n) is 4.81. The number of nitrogens with zero attached hydrogens (tertiary/aromatic N) is 1. The lowest BCUT2D eigenvalue weighted by Crippen LogP contribution is -2.37. The number of rotatable bonds is 9. The zero-order valence-corrected chi connectivity index (χ0v) is 20.8. The fourth-order valence-corrected chi connectivity index (χ4v) is 3.29. The molecule has 3 aromatic carbocycles. The lowest BCUT2D eigenvalue weighted by Gasteiger charge is -2.13. The van der Waals surface area contributed by atoms with Crippen LogP contribution in [-0.2, 0) is 22.7 Å². The van der Waals surface area contributed by atoms with Crippen molar-refractivity contribution >= 4 is 41.2 Å². The van der Waals surface area contributed by atoms with Crippen LogP contribution >= 0.6 is 23.2 Å². The van der Waals surface area contributed by atoms with Crippen molar-refractivity contribution in [1.82, 2.24) is 10.7 Å². The topological polar surface area (TPSA) is 89.0 Å². The van der Waals surface area contributed by atoms with Crippen LogP contribution in [0.25, 0.3) is 0 Å². The molecule has 35 heavy (non-hydrogen) atoms. The number of amides is 2. The molecule has 0 aliphatic heterocycles. The van der Waals surface area contributed by atoms with Crippen LogP contribution in [0.5, 0.6) is 11.5 Å². The molecule has 0 spiro atoms. The summed E-state index contributed by atoms with van der Waals surface area (Å²) in [4.78, 5) is 24.0. The molecule has 0 heterocycles. The van der Waals surface area contributed by atoms with E-state index in [1.54, 1.807) is 30.3 Å². The van der Waals surface area contributed by atoms with Crippen molar-refractivity contribution < 1.29 is 19.1 Å².